The van der Waals surface area contributed by atoms with Gasteiger partial charge in [-0.05, 0) is 42.0 Å². The summed E-state index contributed by atoms with van der Waals surface area (Å²) in [6.45, 7) is 0.589. The predicted octanol–water partition coefficient (Wildman–Crippen LogP) is 3.00. The minimum absolute atomic E-state index is 0.203. The zero-order chi connectivity index (χ0) is 17.2. The Morgan fingerprint density at radius 2 is 1.84 bits per heavy atom. The van der Waals surface area contributed by atoms with E-state index in [0.717, 1.165) is 24.8 Å². The van der Waals surface area contributed by atoms with Crippen molar-refractivity contribution in [1.82, 2.24) is 5.32 Å². The van der Waals surface area contributed by atoms with Crippen molar-refractivity contribution in [3.8, 4) is 0 Å². The van der Waals surface area contributed by atoms with Crippen molar-refractivity contribution >= 4 is 11.9 Å². The molecule has 128 valence electrons. The van der Waals surface area contributed by atoms with Crippen molar-refractivity contribution in [2.24, 2.45) is 0 Å². The summed E-state index contributed by atoms with van der Waals surface area (Å²) in [7, 11) is 0. The maximum Gasteiger partial charge on any atom is 0.339 e. The average Bonchev–Trinajstić information content (AvgIpc) is 2.66. The fourth-order valence-electron chi connectivity index (χ4n) is 3.88. The van der Waals surface area contributed by atoms with Gasteiger partial charge in [0.25, 0.3) is 5.91 Å². The molecular weight excluding hydrogens is 314 g/mol. The Kier molecular flexibility index (Phi) is 4.26. The molecule has 25 heavy (non-hydrogen) atoms. The van der Waals surface area contributed by atoms with Gasteiger partial charge in [-0.1, -0.05) is 42.5 Å². The van der Waals surface area contributed by atoms with Crippen molar-refractivity contribution < 1.29 is 14.3 Å². The Bertz CT molecular complexity index is 814. The van der Waals surface area contributed by atoms with E-state index in [9.17, 15) is 9.59 Å². The molecule has 2 atom stereocenters. The van der Waals surface area contributed by atoms with Crippen LogP contribution in [0.1, 0.15) is 45.8 Å². The first-order chi connectivity index (χ1) is 12.2. The number of aryl methyl sites for hydroxylation is 1. The van der Waals surface area contributed by atoms with Gasteiger partial charge in [0.15, 0.2) is 6.10 Å². The van der Waals surface area contributed by atoms with Crippen molar-refractivity contribution in [3.05, 3.63) is 70.8 Å². The molecule has 0 radical (unpaired) electrons. The molecule has 0 saturated carbocycles. The number of hydrogen-bond acceptors (Lipinski definition) is 3. The van der Waals surface area contributed by atoms with Crippen LogP contribution in [0.3, 0.4) is 0 Å². The second-order valence-electron chi connectivity index (χ2n) is 6.79. The van der Waals surface area contributed by atoms with Gasteiger partial charge in [0.1, 0.15) is 0 Å². The topological polar surface area (TPSA) is 55.4 Å². The molecule has 0 saturated heterocycles. The first kappa shape index (κ1) is 15.9. The molecule has 1 aliphatic carbocycles. The summed E-state index contributed by atoms with van der Waals surface area (Å²) >= 11 is 0. The van der Waals surface area contributed by atoms with Gasteiger partial charge in [-0.2, -0.15) is 0 Å². The molecule has 0 bridgehead atoms. The largest absolute Gasteiger partial charge is 0.448 e. The number of hydrogen-bond donors (Lipinski definition) is 1. The monoisotopic (exact) mass is 335 g/mol. The minimum atomic E-state index is -0.735. The quantitative estimate of drug-likeness (QED) is 0.877. The number of esters is 1. The molecule has 1 aliphatic heterocycles. The molecule has 1 amide bonds. The minimum Gasteiger partial charge on any atom is -0.448 e. The van der Waals surface area contributed by atoms with Gasteiger partial charge in [-0.3, -0.25) is 4.79 Å². The van der Waals surface area contributed by atoms with E-state index in [1.165, 1.54) is 11.1 Å². The molecule has 0 spiro atoms. The van der Waals surface area contributed by atoms with Gasteiger partial charge in [0.05, 0.1) is 5.56 Å². The van der Waals surface area contributed by atoms with Gasteiger partial charge in [-0.25, -0.2) is 4.79 Å². The third-order valence-electron chi connectivity index (χ3n) is 5.20. The number of cyclic esters (lactones) is 1. The highest BCUT2D eigenvalue weighted by molar-refractivity contribution is 5.95. The third-order valence-corrected chi connectivity index (χ3v) is 5.20. The van der Waals surface area contributed by atoms with Crippen LogP contribution in [0.5, 0.6) is 0 Å². The number of carbonyl (C=O) groups is 2. The third kappa shape index (κ3) is 3.16. The molecule has 2 unspecified atom stereocenters. The molecule has 0 fully saturated rings. The lowest BCUT2D eigenvalue weighted by Crippen LogP contribution is -2.43. The standard InChI is InChI=1S/C21H21NO3/c23-20(19-12-15-7-2-4-11-18(15)21(24)25-19)22-13-16-9-5-8-14-6-1-3-10-17(14)16/h1-4,6-7,10-11,16,19H,5,8-9,12-13H2,(H,22,23). The molecule has 4 rings (SSSR count). The van der Waals surface area contributed by atoms with E-state index in [2.05, 4.69) is 29.6 Å². The number of rotatable bonds is 3. The van der Waals surface area contributed by atoms with Crippen LogP contribution < -0.4 is 5.32 Å². The highest BCUT2D eigenvalue weighted by atomic mass is 16.5. The predicted molar refractivity (Wildman–Crippen MR) is 94.5 cm³/mol. The molecule has 1 N–H and O–H groups in total. The Morgan fingerprint density at radius 3 is 2.72 bits per heavy atom. The van der Waals surface area contributed by atoms with Crippen LogP contribution in [-0.2, 0) is 22.4 Å². The Balaban J connectivity index is 1.42. The van der Waals surface area contributed by atoms with Crippen LogP contribution in [-0.4, -0.2) is 24.5 Å². The maximum atomic E-state index is 12.5. The van der Waals surface area contributed by atoms with Crippen LogP contribution in [0.2, 0.25) is 0 Å². The van der Waals surface area contributed by atoms with Crippen molar-refractivity contribution in [3.63, 3.8) is 0 Å². The number of fused-ring (bicyclic) bond motifs is 2. The molecular formula is C21H21NO3. The summed E-state index contributed by atoms with van der Waals surface area (Å²) in [6, 6.07) is 15.8. The Morgan fingerprint density at radius 1 is 1.08 bits per heavy atom. The highest BCUT2D eigenvalue weighted by Gasteiger charge is 2.31. The molecule has 4 nitrogen and oxygen atoms in total. The maximum absolute atomic E-state index is 12.5. The Hall–Kier alpha value is -2.62. The van der Waals surface area contributed by atoms with Crippen molar-refractivity contribution in [1.29, 1.82) is 0 Å². The van der Waals surface area contributed by atoms with Gasteiger partial charge in [0.2, 0.25) is 0 Å². The number of ether oxygens (including phenoxy) is 1. The summed E-state index contributed by atoms with van der Waals surface area (Å²) in [6.07, 6.45) is 3.03. The Labute approximate surface area is 147 Å². The van der Waals surface area contributed by atoms with E-state index in [1.54, 1.807) is 12.1 Å². The van der Waals surface area contributed by atoms with E-state index >= 15 is 0 Å². The lowest BCUT2D eigenvalue weighted by Gasteiger charge is -2.27. The number of benzene rings is 2. The smallest absolute Gasteiger partial charge is 0.339 e. The fraction of sp³-hybridized carbons (Fsp3) is 0.333. The van der Waals surface area contributed by atoms with E-state index < -0.39 is 12.1 Å². The molecule has 2 aromatic rings. The number of nitrogens with one attached hydrogen (secondary N) is 1. The van der Waals surface area contributed by atoms with E-state index in [-0.39, 0.29) is 5.91 Å². The molecule has 4 heteroatoms. The van der Waals surface area contributed by atoms with E-state index in [1.807, 2.05) is 12.1 Å². The normalized spacial score (nSPS) is 21.7. The van der Waals surface area contributed by atoms with Gasteiger partial charge in [0, 0.05) is 18.9 Å². The van der Waals surface area contributed by atoms with Crippen LogP contribution >= 0.6 is 0 Å². The second kappa shape index (κ2) is 6.71. The summed E-state index contributed by atoms with van der Waals surface area (Å²) in [5, 5.41) is 3.00. The number of carbonyl (C=O) groups excluding carboxylic acids is 2. The van der Waals surface area contributed by atoms with Crippen LogP contribution in [0.4, 0.5) is 0 Å². The summed E-state index contributed by atoms with van der Waals surface area (Å²) < 4.78 is 5.33. The fourth-order valence-corrected chi connectivity index (χ4v) is 3.88. The highest BCUT2D eigenvalue weighted by Crippen LogP contribution is 2.31. The van der Waals surface area contributed by atoms with Crippen molar-refractivity contribution in [2.75, 3.05) is 6.54 Å². The number of amides is 1. The van der Waals surface area contributed by atoms with E-state index in [0.29, 0.717) is 24.4 Å². The summed E-state index contributed by atoms with van der Waals surface area (Å²) in [5.74, 6) is -0.281. The zero-order valence-corrected chi connectivity index (χ0v) is 14.0. The first-order valence-corrected chi connectivity index (χ1v) is 8.87. The lowest BCUT2D eigenvalue weighted by molar-refractivity contribution is -0.130. The molecule has 1 heterocycles. The average molecular weight is 335 g/mol. The molecule has 2 aromatic carbocycles. The molecule has 0 aromatic heterocycles. The van der Waals surface area contributed by atoms with E-state index in [4.69, 9.17) is 4.74 Å². The zero-order valence-electron chi connectivity index (χ0n) is 14.0. The summed E-state index contributed by atoms with van der Waals surface area (Å²) in [5.41, 5.74) is 4.15. The van der Waals surface area contributed by atoms with Gasteiger partial charge >= 0.3 is 5.97 Å². The van der Waals surface area contributed by atoms with Gasteiger partial charge < -0.3 is 10.1 Å². The van der Waals surface area contributed by atoms with Crippen LogP contribution in [0.15, 0.2) is 48.5 Å². The SMILES string of the molecule is O=C1OC(C(=O)NCC2CCCc3ccccc32)Cc2ccccc21. The lowest BCUT2D eigenvalue weighted by atomic mass is 9.83. The molecule has 2 aliphatic rings. The van der Waals surface area contributed by atoms with Gasteiger partial charge in [-0.15, -0.1) is 0 Å². The second-order valence-corrected chi connectivity index (χ2v) is 6.79. The summed E-state index contributed by atoms with van der Waals surface area (Å²) in [4.78, 5) is 24.6. The van der Waals surface area contributed by atoms with Crippen LogP contribution in [0, 0.1) is 0 Å². The first-order valence-electron chi connectivity index (χ1n) is 8.87. The van der Waals surface area contributed by atoms with Crippen molar-refractivity contribution in [2.45, 2.75) is 37.7 Å². The van der Waals surface area contributed by atoms with Crippen LogP contribution in [0.25, 0.3) is 0 Å².